The molecule has 2 aliphatic carbocycles. The van der Waals surface area contributed by atoms with Crippen molar-refractivity contribution in [2.24, 2.45) is 17.8 Å². The maximum absolute atomic E-state index is 11.6. The molecule has 1 saturated heterocycles. The minimum absolute atomic E-state index is 0.126. The van der Waals surface area contributed by atoms with Gasteiger partial charge in [-0.05, 0) is 70.0 Å². The van der Waals surface area contributed by atoms with Gasteiger partial charge in [0.2, 0.25) is 0 Å². The summed E-state index contributed by atoms with van der Waals surface area (Å²) in [5.41, 5.74) is 0. The number of likely N-dealkylation sites (tertiary alicyclic amines) is 1. The van der Waals surface area contributed by atoms with Gasteiger partial charge in [-0.3, -0.25) is 4.79 Å². The van der Waals surface area contributed by atoms with E-state index in [1.807, 2.05) is 0 Å². The molecular weight excluding hydrogens is 252 g/mol. The van der Waals surface area contributed by atoms with Crippen LogP contribution < -0.4 is 5.32 Å². The molecule has 5 unspecified atom stereocenters. The van der Waals surface area contributed by atoms with Crippen LogP contribution >= 0.6 is 0 Å². The fraction of sp³-hybridized carbons (Fsp3) is 0.938. The van der Waals surface area contributed by atoms with Crippen molar-refractivity contribution >= 4 is 5.97 Å². The third-order valence-electron chi connectivity index (χ3n) is 5.90. The molecule has 0 amide bonds. The lowest BCUT2D eigenvalue weighted by Crippen LogP contribution is -2.48. The van der Waals surface area contributed by atoms with Crippen LogP contribution in [-0.2, 0) is 4.79 Å². The van der Waals surface area contributed by atoms with Gasteiger partial charge in [-0.25, -0.2) is 0 Å². The van der Waals surface area contributed by atoms with Crippen molar-refractivity contribution in [3.05, 3.63) is 0 Å². The van der Waals surface area contributed by atoms with Crippen molar-refractivity contribution in [3.63, 3.8) is 0 Å². The summed E-state index contributed by atoms with van der Waals surface area (Å²) in [6.07, 6.45) is 7.13. The van der Waals surface area contributed by atoms with Crippen LogP contribution in [0.5, 0.6) is 0 Å². The first kappa shape index (κ1) is 14.3. The molecule has 114 valence electrons. The topological polar surface area (TPSA) is 52.6 Å². The Morgan fingerprint density at radius 3 is 2.75 bits per heavy atom. The zero-order valence-electron chi connectivity index (χ0n) is 12.6. The summed E-state index contributed by atoms with van der Waals surface area (Å²) in [6, 6.07) is 0.766. The van der Waals surface area contributed by atoms with Crippen molar-refractivity contribution in [1.29, 1.82) is 0 Å². The van der Waals surface area contributed by atoms with Crippen molar-refractivity contribution in [2.75, 3.05) is 19.6 Å². The molecule has 3 aliphatic rings. The second-order valence-electron chi connectivity index (χ2n) is 6.95. The van der Waals surface area contributed by atoms with E-state index < -0.39 is 5.97 Å². The van der Waals surface area contributed by atoms with Gasteiger partial charge in [-0.2, -0.15) is 0 Å². The Balaban J connectivity index is 1.60. The Labute approximate surface area is 121 Å². The van der Waals surface area contributed by atoms with E-state index in [4.69, 9.17) is 0 Å². The molecule has 0 aromatic carbocycles. The quantitative estimate of drug-likeness (QED) is 0.826. The van der Waals surface area contributed by atoms with Crippen LogP contribution in [0.15, 0.2) is 0 Å². The first-order valence-electron chi connectivity index (χ1n) is 8.40. The van der Waals surface area contributed by atoms with E-state index in [0.717, 1.165) is 25.9 Å². The number of nitrogens with one attached hydrogen (secondary N) is 1. The third kappa shape index (κ3) is 2.73. The van der Waals surface area contributed by atoms with E-state index in [1.165, 1.54) is 32.2 Å². The van der Waals surface area contributed by atoms with Crippen LogP contribution in [0.25, 0.3) is 0 Å². The number of hydrogen-bond donors (Lipinski definition) is 2. The third-order valence-corrected chi connectivity index (χ3v) is 5.90. The van der Waals surface area contributed by atoms with Gasteiger partial charge in [-0.1, -0.05) is 6.92 Å². The standard InChI is InChI=1S/C16H28N2O2/c1-2-18-8-3-4-13(7-9-18)17-15-12-6-5-11(10-12)14(15)16(19)20/h11-15,17H,2-10H2,1H3,(H,19,20). The molecule has 1 heterocycles. The molecule has 2 saturated carbocycles. The normalized spacial score (nSPS) is 41.8. The number of carbonyl (C=O) groups is 1. The lowest BCUT2D eigenvalue weighted by molar-refractivity contribution is -0.144. The summed E-state index contributed by atoms with van der Waals surface area (Å²) in [5, 5.41) is 13.3. The van der Waals surface area contributed by atoms with Gasteiger partial charge in [0.15, 0.2) is 0 Å². The second-order valence-corrected chi connectivity index (χ2v) is 6.95. The van der Waals surface area contributed by atoms with Crippen LogP contribution in [0, 0.1) is 17.8 Å². The average molecular weight is 280 g/mol. The molecular formula is C16H28N2O2. The highest BCUT2D eigenvalue weighted by molar-refractivity contribution is 5.72. The first-order valence-corrected chi connectivity index (χ1v) is 8.40. The van der Waals surface area contributed by atoms with Gasteiger partial charge in [0.1, 0.15) is 0 Å². The van der Waals surface area contributed by atoms with Gasteiger partial charge in [0.05, 0.1) is 5.92 Å². The Morgan fingerprint density at radius 1 is 1.20 bits per heavy atom. The number of hydrogen-bond acceptors (Lipinski definition) is 3. The van der Waals surface area contributed by atoms with Crippen LogP contribution in [0.1, 0.15) is 45.4 Å². The Hall–Kier alpha value is -0.610. The molecule has 0 radical (unpaired) electrons. The number of fused-ring (bicyclic) bond motifs is 2. The minimum Gasteiger partial charge on any atom is -0.481 e. The summed E-state index contributed by atoms with van der Waals surface area (Å²) >= 11 is 0. The van der Waals surface area contributed by atoms with Gasteiger partial charge in [0.25, 0.3) is 0 Å². The van der Waals surface area contributed by atoms with Crippen molar-refractivity contribution in [1.82, 2.24) is 10.2 Å². The molecule has 4 heteroatoms. The van der Waals surface area contributed by atoms with Gasteiger partial charge in [-0.15, -0.1) is 0 Å². The van der Waals surface area contributed by atoms with E-state index in [-0.39, 0.29) is 12.0 Å². The van der Waals surface area contributed by atoms with Crippen LogP contribution in [0.3, 0.4) is 0 Å². The first-order chi connectivity index (χ1) is 9.69. The molecule has 3 rings (SSSR count). The fourth-order valence-corrected chi connectivity index (χ4v) is 4.80. The summed E-state index contributed by atoms with van der Waals surface area (Å²) < 4.78 is 0. The predicted molar refractivity (Wildman–Crippen MR) is 78.6 cm³/mol. The molecule has 2 N–H and O–H groups in total. The van der Waals surface area contributed by atoms with E-state index in [0.29, 0.717) is 17.9 Å². The lowest BCUT2D eigenvalue weighted by atomic mass is 9.84. The Bertz CT molecular complexity index is 360. The maximum atomic E-state index is 11.6. The van der Waals surface area contributed by atoms with E-state index >= 15 is 0 Å². The number of nitrogens with zero attached hydrogens (tertiary/aromatic N) is 1. The zero-order chi connectivity index (χ0) is 14.1. The summed E-state index contributed by atoms with van der Waals surface area (Å²) in [4.78, 5) is 14.1. The average Bonchev–Trinajstić information content (AvgIpc) is 2.94. The lowest BCUT2D eigenvalue weighted by Gasteiger charge is -2.32. The smallest absolute Gasteiger partial charge is 0.308 e. The Morgan fingerprint density at radius 2 is 2.00 bits per heavy atom. The molecule has 0 spiro atoms. The van der Waals surface area contributed by atoms with Gasteiger partial charge in [0, 0.05) is 12.1 Å². The molecule has 0 aromatic rings. The van der Waals surface area contributed by atoms with Gasteiger partial charge < -0.3 is 15.3 Å². The molecule has 3 fully saturated rings. The minimum atomic E-state index is -0.571. The maximum Gasteiger partial charge on any atom is 0.308 e. The summed E-state index contributed by atoms with van der Waals surface area (Å²) in [7, 11) is 0. The molecule has 20 heavy (non-hydrogen) atoms. The SMILES string of the molecule is CCN1CCCC(NC2C3CCC(C3)C2C(=O)O)CC1. The number of carboxylic acids is 1. The second kappa shape index (κ2) is 6.02. The number of rotatable bonds is 4. The van der Waals surface area contributed by atoms with Crippen LogP contribution in [-0.4, -0.2) is 47.7 Å². The highest BCUT2D eigenvalue weighted by Crippen LogP contribution is 2.48. The van der Waals surface area contributed by atoms with Crippen molar-refractivity contribution in [2.45, 2.75) is 57.5 Å². The summed E-state index contributed by atoms with van der Waals surface area (Å²) in [5.74, 6) is 0.359. The largest absolute Gasteiger partial charge is 0.481 e. The highest BCUT2D eigenvalue weighted by atomic mass is 16.4. The molecule has 0 aromatic heterocycles. The molecule has 1 aliphatic heterocycles. The van der Waals surface area contributed by atoms with Crippen molar-refractivity contribution < 1.29 is 9.90 Å². The number of aliphatic carboxylic acids is 1. The predicted octanol–water partition coefficient (Wildman–Crippen LogP) is 1.95. The van der Waals surface area contributed by atoms with Crippen LogP contribution in [0.2, 0.25) is 0 Å². The molecule has 2 bridgehead atoms. The van der Waals surface area contributed by atoms with E-state index in [9.17, 15) is 9.90 Å². The number of carboxylic acid groups (broad SMARTS) is 1. The Kier molecular flexibility index (Phi) is 4.32. The highest BCUT2D eigenvalue weighted by Gasteiger charge is 2.51. The molecule has 5 atom stereocenters. The molecule has 4 nitrogen and oxygen atoms in total. The monoisotopic (exact) mass is 280 g/mol. The van der Waals surface area contributed by atoms with E-state index in [2.05, 4.69) is 17.1 Å². The summed E-state index contributed by atoms with van der Waals surface area (Å²) in [6.45, 7) is 5.73. The van der Waals surface area contributed by atoms with Crippen molar-refractivity contribution in [3.8, 4) is 0 Å². The fourth-order valence-electron chi connectivity index (χ4n) is 4.80. The van der Waals surface area contributed by atoms with Gasteiger partial charge >= 0.3 is 5.97 Å². The van der Waals surface area contributed by atoms with Crippen LogP contribution in [0.4, 0.5) is 0 Å². The zero-order valence-corrected chi connectivity index (χ0v) is 12.6. The van der Waals surface area contributed by atoms with E-state index in [1.54, 1.807) is 0 Å².